The van der Waals surface area contributed by atoms with Crippen LogP contribution in [0, 0.1) is 11.3 Å². The van der Waals surface area contributed by atoms with Crippen LogP contribution in [0.25, 0.3) is 0 Å². The molecule has 1 heterocycles. The second-order valence-electron chi connectivity index (χ2n) is 4.23. The third-order valence-electron chi connectivity index (χ3n) is 1.44. The highest BCUT2D eigenvalue weighted by molar-refractivity contribution is 7.90. The Hall–Kier alpha value is -1.59. The first kappa shape index (κ1) is 12.5. The summed E-state index contributed by atoms with van der Waals surface area (Å²) in [6, 6.07) is 1.81. The number of rotatable bonds is 3. The van der Waals surface area contributed by atoms with Gasteiger partial charge in [-0.25, -0.2) is 0 Å². The van der Waals surface area contributed by atoms with Crippen molar-refractivity contribution < 1.29 is 8.42 Å². The van der Waals surface area contributed by atoms with Crippen LogP contribution in [0.2, 0.25) is 0 Å². The predicted octanol–water partition coefficient (Wildman–Crippen LogP) is 0.326. The largest absolute Gasteiger partial charge is 0.300 e. The van der Waals surface area contributed by atoms with Gasteiger partial charge in [0.2, 0.25) is 0 Å². The number of nitriles is 1. The second-order valence-corrected chi connectivity index (χ2v) is 5.64. The van der Waals surface area contributed by atoms with Crippen molar-refractivity contribution in [1.82, 2.24) is 14.9 Å². The average Bonchev–Trinajstić information content (AvgIpc) is 2.45. The zero-order valence-corrected chi connectivity index (χ0v) is 10.0. The van der Waals surface area contributed by atoms with E-state index in [0.717, 1.165) is 0 Å². The lowest BCUT2D eigenvalue weighted by Gasteiger charge is -2.20. The molecule has 3 N–H and O–H groups in total. The highest BCUT2D eigenvalue weighted by Crippen LogP contribution is 2.11. The summed E-state index contributed by atoms with van der Waals surface area (Å²) in [4.78, 5) is 0. The Balaban J connectivity index is 2.87. The molecule has 0 bridgehead atoms. The Morgan fingerprint density at radius 1 is 1.50 bits per heavy atom. The lowest BCUT2D eigenvalue weighted by atomic mass is 10.1. The maximum Gasteiger partial charge on any atom is 0.300 e. The highest BCUT2D eigenvalue weighted by Gasteiger charge is 2.21. The molecule has 0 spiro atoms. The molecule has 88 valence electrons. The molecule has 0 saturated heterocycles. The SMILES string of the molecule is CC(C)(C)NS(=O)(=O)Nc1[nH]ncc1C#N. The van der Waals surface area contributed by atoms with Gasteiger partial charge >= 0.3 is 10.2 Å². The summed E-state index contributed by atoms with van der Waals surface area (Å²) in [5, 5.41) is 14.6. The predicted molar refractivity (Wildman–Crippen MR) is 58.7 cm³/mol. The summed E-state index contributed by atoms with van der Waals surface area (Å²) in [6.07, 6.45) is 1.24. The van der Waals surface area contributed by atoms with Crippen LogP contribution < -0.4 is 9.44 Å². The normalized spacial score (nSPS) is 12.1. The molecule has 0 fully saturated rings. The molecule has 0 aliphatic carbocycles. The zero-order chi connectivity index (χ0) is 12.4. The molecule has 1 rings (SSSR count). The van der Waals surface area contributed by atoms with Gasteiger partial charge in [-0.05, 0) is 20.8 Å². The van der Waals surface area contributed by atoms with Gasteiger partial charge in [-0.2, -0.15) is 23.5 Å². The molecule has 0 aromatic carbocycles. The molecular weight excluding hydrogens is 230 g/mol. The minimum atomic E-state index is -3.72. The monoisotopic (exact) mass is 243 g/mol. The quantitative estimate of drug-likeness (QED) is 0.710. The van der Waals surface area contributed by atoms with Crippen molar-refractivity contribution in [2.75, 3.05) is 4.72 Å². The molecule has 16 heavy (non-hydrogen) atoms. The van der Waals surface area contributed by atoms with E-state index in [4.69, 9.17) is 5.26 Å². The summed E-state index contributed by atoms with van der Waals surface area (Å²) in [7, 11) is -3.72. The molecule has 1 aromatic heterocycles. The number of nitrogens with zero attached hydrogens (tertiary/aromatic N) is 2. The van der Waals surface area contributed by atoms with Gasteiger partial charge < -0.3 is 0 Å². The molecular formula is C8H13N5O2S. The standard InChI is InChI=1S/C8H13N5O2S/c1-8(2,3)13-16(14,15)12-7-6(4-9)5-10-11-7/h5,13H,1-3H3,(H2,10,11,12). The first-order valence-corrected chi connectivity index (χ1v) is 5.97. The lowest BCUT2D eigenvalue weighted by Crippen LogP contribution is -2.43. The van der Waals surface area contributed by atoms with Gasteiger partial charge in [0, 0.05) is 5.54 Å². The van der Waals surface area contributed by atoms with Gasteiger partial charge in [-0.1, -0.05) is 0 Å². The van der Waals surface area contributed by atoms with Crippen LogP contribution in [0.5, 0.6) is 0 Å². The third kappa shape index (κ3) is 3.52. The molecule has 8 heteroatoms. The van der Waals surface area contributed by atoms with Gasteiger partial charge in [-0.3, -0.25) is 9.82 Å². The molecule has 0 unspecified atom stereocenters. The number of H-pyrrole nitrogens is 1. The number of anilines is 1. The van der Waals surface area contributed by atoms with Crippen molar-refractivity contribution in [2.24, 2.45) is 0 Å². The van der Waals surface area contributed by atoms with Crippen LogP contribution in [-0.2, 0) is 10.2 Å². The van der Waals surface area contributed by atoms with Crippen LogP contribution in [0.3, 0.4) is 0 Å². The Morgan fingerprint density at radius 3 is 2.62 bits per heavy atom. The van der Waals surface area contributed by atoms with Gasteiger partial charge in [-0.15, -0.1) is 0 Å². The summed E-state index contributed by atoms with van der Waals surface area (Å²) in [5.74, 6) is 0.0549. The maximum absolute atomic E-state index is 11.6. The Bertz CT molecular complexity index is 505. The fourth-order valence-corrected chi connectivity index (χ4v) is 2.29. The van der Waals surface area contributed by atoms with Gasteiger partial charge in [0.15, 0.2) is 5.82 Å². The van der Waals surface area contributed by atoms with Crippen LogP contribution >= 0.6 is 0 Å². The van der Waals surface area contributed by atoms with Crippen LogP contribution in [0.4, 0.5) is 5.82 Å². The van der Waals surface area contributed by atoms with Gasteiger partial charge in [0.05, 0.1) is 6.20 Å². The highest BCUT2D eigenvalue weighted by atomic mass is 32.2. The van der Waals surface area contributed by atoms with Gasteiger partial charge in [0.25, 0.3) is 0 Å². The van der Waals surface area contributed by atoms with E-state index < -0.39 is 15.7 Å². The number of aromatic amines is 1. The van der Waals surface area contributed by atoms with Crippen molar-refractivity contribution in [2.45, 2.75) is 26.3 Å². The summed E-state index contributed by atoms with van der Waals surface area (Å²) < 4.78 is 27.8. The summed E-state index contributed by atoms with van der Waals surface area (Å²) in [5.41, 5.74) is -0.460. The molecule has 0 amide bonds. The fourth-order valence-electron chi connectivity index (χ4n) is 1.01. The fraction of sp³-hybridized carbons (Fsp3) is 0.500. The molecule has 7 nitrogen and oxygen atoms in total. The van der Waals surface area contributed by atoms with Crippen LogP contribution in [0.1, 0.15) is 26.3 Å². The van der Waals surface area contributed by atoms with E-state index in [2.05, 4.69) is 19.6 Å². The minimum Gasteiger partial charge on any atom is -0.261 e. The van der Waals surface area contributed by atoms with E-state index in [9.17, 15) is 8.42 Å². The number of nitrogens with one attached hydrogen (secondary N) is 3. The topological polar surface area (TPSA) is 111 Å². The first-order valence-electron chi connectivity index (χ1n) is 4.49. The third-order valence-corrected chi connectivity index (χ3v) is 2.79. The van der Waals surface area contributed by atoms with E-state index in [1.807, 2.05) is 6.07 Å². The molecule has 0 aliphatic rings. The van der Waals surface area contributed by atoms with Crippen molar-refractivity contribution >= 4 is 16.0 Å². The Morgan fingerprint density at radius 2 is 2.12 bits per heavy atom. The van der Waals surface area contributed by atoms with E-state index in [1.165, 1.54) is 6.20 Å². The second kappa shape index (κ2) is 4.11. The summed E-state index contributed by atoms with van der Waals surface area (Å²) in [6.45, 7) is 5.14. The molecule has 1 aromatic rings. The number of aromatic nitrogens is 2. The van der Waals surface area contributed by atoms with Crippen molar-refractivity contribution in [3.05, 3.63) is 11.8 Å². The maximum atomic E-state index is 11.6. The first-order chi connectivity index (χ1) is 7.23. The van der Waals surface area contributed by atoms with Gasteiger partial charge in [0.1, 0.15) is 11.6 Å². The minimum absolute atomic E-state index is 0.0549. The van der Waals surface area contributed by atoms with E-state index in [1.54, 1.807) is 20.8 Å². The lowest BCUT2D eigenvalue weighted by molar-refractivity contribution is 0.494. The van der Waals surface area contributed by atoms with E-state index in [-0.39, 0.29) is 11.4 Å². The smallest absolute Gasteiger partial charge is 0.261 e. The molecule has 0 atom stereocenters. The molecule has 0 saturated carbocycles. The summed E-state index contributed by atoms with van der Waals surface area (Å²) >= 11 is 0. The number of hydrogen-bond donors (Lipinski definition) is 3. The Kier molecular flexibility index (Phi) is 3.21. The van der Waals surface area contributed by atoms with Crippen molar-refractivity contribution in [1.29, 1.82) is 5.26 Å². The zero-order valence-electron chi connectivity index (χ0n) is 9.20. The number of hydrogen-bond acceptors (Lipinski definition) is 4. The van der Waals surface area contributed by atoms with Crippen LogP contribution in [-0.4, -0.2) is 24.2 Å². The molecule has 0 aliphatic heterocycles. The van der Waals surface area contributed by atoms with Crippen LogP contribution in [0.15, 0.2) is 6.20 Å². The Labute approximate surface area is 94.0 Å². The molecule has 0 radical (unpaired) electrons. The van der Waals surface area contributed by atoms with E-state index >= 15 is 0 Å². The van der Waals surface area contributed by atoms with Crippen molar-refractivity contribution in [3.8, 4) is 6.07 Å². The van der Waals surface area contributed by atoms with E-state index in [0.29, 0.717) is 0 Å². The van der Waals surface area contributed by atoms with Crippen molar-refractivity contribution in [3.63, 3.8) is 0 Å². The average molecular weight is 243 g/mol.